The van der Waals surface area contributed by atoms with Gasteiger partial charge in [0.15, 0.2) is 0 Å². The molecular weight excluding hydrogens is 274 g/mol. The summed E-state index contributed by atoms with van der Waals surface area (Å²) in [5.41, 5.74) is 6.16. The summed E-state index contributed by atoms with van der Waals surface area (Å²) in [5, 5.41) is 8.73. The van der Waals surface area contributed by atoms with Crippen LogP contribution in [-0.2, 0) is 10.0 Å². The lowest BCUT2D eigenvalue weighted by Crippen LogP contribution is -2.44. The molecular formula is C14H19N3O2S. The molecule has 1 aromatic carbocycles. The number of hydrogen-bond donors (Lipinski definition) is 2. The van der Waals surface area contributed by atoms with Gasteiger partial charge in [-0.3, -0.25) is 0 Å². The topological polar surface area (TPSA) is 96.0 Å². The summed E-state index contributed by atoms with van der Waals surface area (Å²) in [6.07, 6.45) is 3.93. The molecule has 6 heteroatoms. The number of hydrogen-bond acceptors (Lipinski definition) is 4. The average Bonchev–Trinajstić information content (AvgIpc) is 2.47. The van der Waals surface area contributed by atoms with E-state index in [0.717, 1.165) is 25.7 Å². The van der Waals surface area contributed by atoms with Gasteiger partial charge in [0.05, 0.1) is 16.5 Å². The second-order valence-electron chi connectivity index (χ2n) is 5.14. The van der Waals surface area contributed by atoms with E-state index in [0.29, 0.717) is 12.1 Å². The fourth-order valence-electron chi connectivity index (χ4n) is 2.62. The molecule has 2 rings (SSSR count). The Labute approximate surface area is 119 Å². The molecule has 0 aromatic heterocycles. The summed E-state index contributed by atoms with van der Waals surface area (Å²) < 4.78 is 27.4. The fraction of sp³-hybridized carbons (Fsp3) is 0.500. The summed E-state index contributed by atoms with van der Waals surface area (Å²) in [6, 6.07) is 7.82. The van der Waals surface area contributed by atoms with Gasteiger partial charge < -0.3 is 5.73 Å². The van der Waals surface area contributed by atoms with Crippen LogP contribution in [0.4, 0.5) is 0 Å². The molecule has 2 unspecified atom stereocenters. The SMILES string of the molecule is N#Cc1ccc(S(=O)(=O)NC2CCCCC2CN)cc1. The molecule has 0 bridgehead atoms. The van der Waals surface area contributed by atoms with Crippen molar-refractivity contribution in [3.8, 4) is 6.07 Å². The third-order valence-corrected chi connectivity index (χ3v) is 5.32. The van der Waals surface area contributed by atoms with Crippen molar-refractivity contribution < 1.29 is 8.42 Å². The fourth-order valence-corrected chi connectivity index (χ4v) is 3.96. The highest BCUT2D eigenvalue weighted by Crippen LogP contribution is 2.25. The lowest BCUT2D eigenvalue weighted by molar-refractivity contribution is 0.296. The Morgan fingerprint density at radius 2 is 1.90 bits per heavy atom. The molecule has 2 atom stereocenters. The average molecular weight is 293 g/mol. The molecule has 5 nitrogen and oxygen atoms in total. The monoisotopic (exact) mass is 293 g/mol. The van der Waals surface area contributed by atoms with Crippen molar-refractivity contribution in [2.75, 3.05) is 6.54 Å². The maximum atomic E-state index is 12.3. The molecule has 20 heavy (non-hydrogen) atoms. The first-order chi connectivity index (χ1) is 9.56. The summed E-state index contributed by atoms with van der Waals surface area (Å²) >= 11 is 0. The van der Waals surface area contributed by atoms with E-state index in [2.05, 4.69) is 4.72 Å². The van der Waals surface area contributed by atoms with Crippen LogP contribution in [0.3, 0.4) is 0 Å². The lowest BCUT2D eigenvalue weighted by Gasteiger charge is -2.31. The van der Waals surface area contributed by atoms with Gasteiger partial charge in [-0.05, 0) is 49.6 Å². The summed E-state index contributed by atoms with van der Waals surface area (Å²) in [5.74, 6) is 0.205. The van der Waals surface area contributed by atoms with Crippen LogP contribution < -0.4 is 10.5 Å². The summed E-state index contributed by atoms with van der Waals surface area (Å²) in [6.45, 7) is 0.501. The maximum Gasteiger partial charge on any atom is 0.240 e. The minimum atomic E-state index is -3.54. The molecule has 1 aromatic rings. The minimum Gasteiger partial charge on any atom is -0.330 e. The predicted octanol–water partition coefficient (Wildman–Crippen LogP) is 1.35. The van der Waals surface area contributed by atoms with Crippen molar-refractivity contribution in [1.29, 1.82) is 5.26 Å². The molecule has 1 aliphatic rings. The number of nitrogens with two attached hydrogens (primary N) is 1. The Hall–Kier alpha value is -1.42. The summed E-state index contributed by atoms with van der Waals surface area (Å²) in [4.78, 5) is 0.192. The highest BCUT2D eigenvalue weighted by Gasteiger charge is 2.28. The van der Waals surface area contributed by atoms with Crippen molar-refractivity contribution >= 4 is 10.0 Å². The van der Waals surface area contributed by atoms with Gasteiger partial charge in [-0.25, -0.2) is 13.1 Å². The van der Waals surface area contributed by atoms with Gasteiger partial charge in [-0.15, -0.1) is 0 Å². The quantitative estimate of drug-likeness (QED) is 0.876. The second-order valence-corrected chi connectivity index (χ2v) is 6.86. The first kappa shape index (κ1) is 15.0. The normalized spacial score (nSPS) is 23.2. The smallest absolute Gasteiger partial charge is 0.240 e. The van der Waals surface area contributed by atoms with Crippen LogP contribution in [-0.4, -0.2) is 21.0 Å². The zero-order chi connectivity index (χ0) is 14.6. The van der Waals surface area contributed by atoms with E-state index < -0.39 is 10.0 Å². The molecule has 0 spiro atoms. The van der Waals surface area contributed by atoms with Crippen LogP contribution in [0.2, 0.25) is 0 Å². The van der Waals surface area contributed by atoms with Crippen LogP contribution >= 0.6 is 0 Å². The number of nitrogens with one attached hydrogen (secondary N) is 1. The van der Waals surface area contributed by atoms with Gasteiger partial charge >= 0.3 is 0 Å². The van der Waals surface area contributed by atoms with Crippen LogP contribution in [0.5, 0.6) is 0 Å². The van der Waals surface area contributed by atoms with Crippen LogP contribution in [0.25, 0.3) is 0 Å². The Morgan fingerprint density at radius 3 is 2.50 bits per heavy atom. The third kappa shape index (κ3) is 3.37. The third-order valence-electron chi connectivity index (χ3n) is 3.81. The van der Waals surface area contributed by atoms with Gasteiger partial charge in [0.25, 0.3) is 0 Å². The van der Waals surface area contributed by atoms with Crippen LogP contribution in [0, 0.1) is 17.2 Å². The molecule has 1 aliphatic carbocycles. The second kappa shape index (κ2) is 6.35. The van der Waals surface area contributed by atoms with E-state index in [1.54, 1.807) is 0 Å². The van der Waals surface area contributed by atoms with E-state index in [1.807, 2.05) is 6.07 Å². The van der Waals surface area contributed by atoms with Crippen LogP contribution in [0.15, 0.2) is 29.2 Å². The molecule has 3 N–H and O–H groups in total. The first-order valence-electron chi connectivity index (χ1n) is 6.79. The van der Waals surface area contributed by atoms with Crippen molar-refractivity contribution in [1.82, 2.24) is 4.72 Å². The van der Waals surface area contributed by atoms with Gasteiger partial charge in [0.2, 0.25) is 10.0 Å². The minimum absolute atomic E-state index is 0.0885. The molecule has 0 aliphatic heterocycles. The predicted molar refractivity (Wildman–Crippen MR) is 76.3 cm³/mol. The number of nitriles is 1. The molecule has 108 valence electrons. The lowest BCUT2D eigenvalue weighted by atomic mass is 9.85. The number of sulfonamides is 1. The molecule has 0 saturated heterocycles. The maximum absolute atomic E-state index is 12.3. The standard InChI is InChI=1S/C14H19N3O2S/c15-9-11-5-7-13(8-6-11)20(18,19)17-14-4-2-1-3-12(14)10-16/h5-8,12,14,17H,1-4,10,16H2. The number of nitrogens with zero attached hydrogens (tertiary/aromatic N) is 1. The Morgan fingerprint density at radius 1 is 1.25 bits per heavy atom. The van der Waals surface area contributed by atoms with Crippen molar-refractivity contribution in [3.05, 3.63) is 29.8 Å². The van der Waals surface area contributed by atoms with Crippen molar-refractivity contribution in [2.24, 2.45) is 11.7 Å². The van der Waals surface area contributed by atoms with E-state index in [-0.39, 0.29) is 16.9 Å². The van der Waals surface area contributed by atoms with Gasteiger partial charge in [0.1, 0.15) is 0 Å². The molecule has 1 fully saturated rings. The van der Waals surface area contributed by atoms with Gasteiger partial charge in [-0.2, -0.15) is 5.26 Å². The molecule has 0 radical (unpaired) electrons. The van der Waals surface area contributed by atoms with E-state index in [9.17, 15) is 8.42 Å². The number of benzene rings is 1. The Kier molecular flexibility index (Phi) is 4.76. The Balaban J connectivity index is 2.15. The van der Waals surface area contributed by atoms with Crippen LogP contribution in [0.1, 0.15) is 31.2 Å². The molecule has 0 amide bonds. The van der Waals surface area contributed by atoms with E-state index in [4.69, 9.17) is 11.0 Å². The first-order valence-corrected chi connectivity index (χ1v) is 8.27. The summed E-state index contributed by atoms with van der Waals surface area (Å²) in [7, 11) is -3.54. The number of rotatable bonds is 4. The van der Waals surface area contributed by atoms with Gasteiger partial charge in [-0.1, -0.05) is 12.8 Å². The zero-order valence-corrected chi connectivity index (χ0v) is 12.1. The zero-order valence-electron chi connectivity index (χ0n) is 11.2. The largest absolute Gasteiger partial charge is 0.330 e. The molecule has 1 saturated carbocycles. The Bertz CT molecular complexity index is 590. The van der Waals surface area contributed by atoms with Gasteiger partial charge in [0, 0.05) is 6.04 Å². The van der Waals surface area contributed by atoms with E-state index in [1.165, 1.54) is 24.3 Å². The van der Waals surface area contributed by atoms with Crippen molar-refractivity contribution in [3.63, 3.8) is 0 Å². The van der Waals surface area contributed by atoms with Crippen molar-refractivity contribution in [2.45, 2.75) is 36.6 Å². The van der Waals surface area contributed by atoms with E-state index >= 15 is 0 Å². The highest BCUT2D eigenvalue weighted by atomic mass is 32.2. The molecule has 0 heterocycles. The highest BCUT2D eigenvalue weighted by molar-refractivity contribution is 7.89.